The molecule has 6 nitrogen and oxygen atoms in total. The zero-order chi connectivity index (χ0) is 16.2. The fourth-order valence-electron chi connectivity index (χ4n) is 2.45. The molecule has 0 spiro atoms. The SMILES string of the molecule is CCS(=O)(=O)N1CCC(CNC(=O)c2cncc(Cl)c2)CC1. The van der Waals surface area contributed by atoms with E-state index in [0.717, 1.165) is 12.8 Å². The Morgan fingerprint density at radius 3 is 2.68 bits per heavy atom. The molecule has 1 fully saturated rings. The fourth-order valence-corrected chi connectivity index (χ4v) is 3.76. The predicted octanol–water partition coefficient (Wildman–Crippen LogP) is 1.53. The van der Waals surface area contributed by atoms with Crippen molar-refractivity contribution < 1.29 is 13.2 Å². The number of halogens is 1. The quantitative estimate of drug-likeness (QED) is 0.877. The van der Waals surface area contributed by atoms with Gasteiger partial charge in [-0.15, -0.1) is 0 Å². The maximum absolute atomic E-state index is 12.0. The number of hydrogen-bond donors (Lipinski definition) is 1. The molecule has 1 aromatic rings. The third-order valence-electron chi connectivity index (χ3n) is 3.85. The second-order valence-electron chi connectivity index (χ2n) is 5.34. The van der Waals surface area contributed by atoms with E-state index < -0.39 is 10.0 Å². The smallest absolute Gasteiger partial charge is 0.252 e. The molecule has 122 valence electrons. The van der Waals surface area contributed by atoms with Gasteiger partial charge in [-0.1, -0.05) is 11.6 Å². The molecule has 22 heavy (non-hydrogen) atoms. The van der Waals surface area contributed by atoms with E-state index in [-0.39, 0.29) is 11.7 Å². The van der Waals surface area contributed by atoms with Crippen molar-refractivity contribution in [3.05, 3.63) is 29.0 Å². The highest BCUT2D eigenvalue weighted by Gasteiger charge is 2.26. The number of piperidine rings is 1. The van der Waals surface area contributed by atoms with Crippen molar-refractivity contribution in [3.63, 3.8) is 0 Å². The molecule has 0 aliphatic carbocycles. The lowest BCUT2D eigenvalue weighted by Gasteiger charge is -2.30. The summed E-state index contributed by atoms with van der Waals surface area (Å²) in [6.45, 7) is 3.23. The Kier molecular flexibility index (Phi) is 5.77. The topological polar surface area (TPSA) is 79.4 Å². The number of rotatable bonds is 5. The van der Waals surface area contributed by atoms with E-state index >= 15 is 0 Å². The summed E-state index contributed by atoms with van der Waals surface area (Å²) in [7, 11) is -3.10. The van der Waals surface area contributed by atoms with Gasteiger partial charge >= 0.3 is 0 Å². The molecular weight excluding hydrogens is 326 g/mol. The molecule has 1 N–H and O–H groups in total. The molecule has 0 saturated carbocycles. The van der Waals surface area contributed by atoms with Crippen molar-refractivity contribution in [3.8, 4) is 0 Å². The van der Waals surface area contributed by atoms with Crippen LogP contribution >= 0.6 is 11.6 Å². The molecule has 0 bridgehead atoms. The van der Waals surface area contributed by atoms with Gasteiger partial charge in [-0.2, -0.15) is 0 Å². The van der Waals surface area contributed by atoms with E-state index in [0.29, 0.717) is 36.1 Å². The Labute approximate surface area is 135 Å². The van der Waals surface area contributed by atoms with E-state index in [1.807, 2.05) is 0 Å². The Morgan fingerprint density at radius 1 is 1.41 bits per heavy atom. The summed E-state index contributed by atoms with van der Waals surface area (Å²) in [5.41, 5.74) is 0.429. The molecule has 8 heteroatoms. The molecule has 0 radical (unpaired) electrons. The van der Waals surface area contributed by atoms with Crippen molar-refractivity contribution in [1.29, 1.82) is 0 Å². The van der Waals surface area contributed by atoms with Crippen molar-refractivity contribution in [1.82, 2.24) is 14.6 Å². The Bertz CT molecular complexity index is 628. The van der Waals surface area contributed by atoms with E-state index in [1.54, 1.807) is 13.0 Å². The molecule has 2 heterocycles. The number of sulfonamides is 1. The third-order valence-corrected chi connectivity index (χ3v) is 5.94. The Hall–Kier alpha value is -1.18. The minimum absolute atomic E-state index is 0.135. The van der Waals surface area contributed by atoms with E-state index in [2.05, 4.69) is 10.3 Å². The minimum Gasteiger partial charge on any atom is -0.352 e. The Morgan fingerprint density at radius 2 is 2.09 bits per heavy atom. The molecular formula is C14H20ClN3O3S. The normalized spacial score (nSPS) is 17.4. The largest absolute Gasteiger partial charge is 0.352 e. The van der Waals surface area contributed by atoms with Crippen LogP contribution in [-0.2, 0) is 10.0 Å². The summed E-state index contributed by atoms with van der Waals surface area (Å²) < 4.78 is 25.1. The summed E-state index contributed by atoms with van der Waals surface area (Å²) in [4.78, 5) is 15.9. The number of carbonyl (C=O) groups excluding carboxylic acids is 1. The van der Waals surface area contributed by atoms with Crippen LogP contribution in [0.1, 0.15) is 30.1 Å². The van der Waals surface area contributed by atoms with Crippen LogP contribution in [0.5, 0.6) is 0 Å². The highest BCUT2D eigenvalue weighted by molar-refractivity contribution is 7.89. The summed E-state index contributed by atoms with van der Waals surface area (Å²) >= 11 is 5.81. The molecule has 0 atom stereocenters. The number of nitrogens with zero attached hydrogens (tertiary/aromatic N) is 2. The fraction of sp³-hybridized carbons (Fsp3) is 0.571. The number of nitrogens with one attached hydrogen (secondary N) is 1. The minimum atomic E-state index is -3.10. The molecule has 0 unspecified atom stereocenters. The zero-order valence-corrected chi connectivity index (χ0v) is 14.0. The summed E-state index contributed by atoms with van der Waals surface area (Å²) in [5, 5.41) is 3.28. The average Bonchev–Trinajstić information content (AvgIpc) is 2.53. The van der Waals surface area contributed by atoms with E-state index in [4.69, 9.17) is 11.6 Å². The lowest BCUT2D eigenvalue weighted by atomic mass is 9.98. The molecule has 1 aliphatic heterocycles. The molecule has 1 aliphatic rings. The van der Waals surface area contributed by atoms with Gasteiger partial charge in [0, 0.05) is 32.0 Å². The van der Waals surface area contributed by atoms with E-state index in [1.165, 1.54) is 16.7 Å². The molecule has 2 rings (SSSR count). The van der Waals surface area contributed by atoms with Crippen molar-refractivity contribution in [2.45, 2.75) is 19.8 Å². The van der Waals surface area contributed by atoms with Gasteiger partial charge in [0.25, 0.3) is 5.91 Å². The first kappa shape index (κ1) is 17.2. The predicted molar refractivity (Wildman–Crippen MR) is 85.3 cm³/mol. The molecule has 1 amide bonds. The van der Waals surface area contributed by atoms with Crippen molar-refractivity contribution in [2.75, 3.05) is 25.4 Å². The van der Waals surface area contributed by atoms with Crippen LogP contribution < -0.4 is 5.32 Å². The lowest BCUT2D eigenvalue weighted by molar-refractivity contribution is 0.0941. The van der Waals surface area contributed by atoms with Crippen LogP contribution in [-0.4, -0.2) is 49.0 Å². The first-order valence-corrected chi connectivity index (χ1v) is 9.27. The second kappa shape index (κ2) is 7.39. The number of carbonyl (C=O) groups is 1. The average molecular weight is 346 g/mol. The maximum Gasteiger partial charge on any atom is 0.252 e. The van der Waals surface area contributed by atoms with Crippen molar-refractivity contribution >= 4 is 27.5 Å². The number of amides is 1. The van der Waals surface area contributed by atoms with Crippen LogP contribution in [0.3, 0.4) is 0 Å². The lowest BCUT2D eigenvalue weighted by Crippen LogP contribution is -2.42. The van der Waals surface area contributed by atoms with Crippen LogP contribution in [0.25, 0.3) is 0 Å². The molecule has 1 aromatic heterocycles. The monoisotopic (exact) mass is 345 g/mol. The second-order valence-corrected chi connectivity index (χ2v) is 8.04. The summed E-state index contributed by atoms with van der Waals surface area (Å²) in [6, 6.07) is 1.57. The Balaban J connectivity index is 1.81. The van der Waals surface area contributed by atoms with Gasteiger partial charge < -0.3 is 5.32 Å². The van der Waals surface area contributed by atoms with Gasteiger partial charge in [0.2, 0.25) is 10.0 Å². The van der Waals surface area contributed by atoms with Crippen LogP contribution in [0.4, 0.5) is 0 Å². The number of aromatic nitrogens is 1. The highest BCUT2D eigenvalue weighted by Crippen LogP contribution is 2.19. The first-order valence-electron chi connectivity index (χ1n) is 7.29. The zero-order valence-electron chi connectivity index (χ0n) is 12.5. The summed E-state index contributed by atoms with van der Waals surface area (Å²) in [6.07, 6.45) is 4.46. The third kappa shape index (κ3) is 4.41. The van der Waals surface area contributed by atoms with Gasteiger partial charge in [-0.3, -0.25) is 9.78 Å². The number of pyridine rings is 1. The molecule has 1 saturated heterocycles. The standard InChI is InChI=1S/C14H20ClN3O3S/c1-2-22(20,21)18-5-3-11(4-6-18)8-17-14(19)12-7-13(15)10-16-9-12/h7,9-11H,2-6,8H2,1H3,(H,17,19). The van der Waals surface area contributed by atoms with Gasteiger partial charge in [0.05, 0.1) is 16.3 Å². The maximum atomic E-state index is 12.0. The van der Waals surface area contributed by atoms with Crippen molar-refractivity contribution in [2.24, 2.45) is 5.92 Å². The van der Waals surface area contributed by atoms with Gasteiger partial charge in [0.1, 0.15) is 0 Å². The van der Waals surface area contributed by atoms with E-state index in [9.17, 15) is 13.2 Å². The molecule has 0 aromatic carbocycles. The van der Waals surface area contributed by atoms with Crippen LogP contribution in [0.15, 0.2) is 18.5 Å². The van der Waals surface area contributed by atoms with Gasteiger partial charge in [-0.05, 0) is 31.7 Å². The number of hydrogen-bond acceptors (Lipinski definition) is 4. The highest BCUT2D eigenvalue weighted by atomic mass is 35.5. The van der Waals surface area contributed by atoms with Gasteiger partial charge in [-0.25, -0.2) is 12.7 Å². The van der Waals surface area contributed by atoms with Gasteiger partial charge in [0.15, 0.2) is 0 Å². The summed E-state index contributed by atoms with van der Waals surface area (Å²) in [5.74, 6) is 0.217. The van der Waals surface area contributed by atoms with Crippen LogP contribution in [0, 0.1) is 5.92 Å². The first-order chi connectivity index (χ1) is 10.4. The van der Waals surface area contributed by atoms with Crippen LogP contribution in [0.2, 0.25) is 5.02 Å².